The van der Waals surface area contributed by atoms with E-state index in [2.05, 4.69) is 4.98 Å². The largest absolute Gasteiger partial charge is 0.493 e. The highest BCUT2D eigenvalue weighted by Crippen LogP contribution is 2.40. The summed E-state index contributed by atoms with van der Waals surface area (Å²) in [5.41, 5.74) is 5.52. The first-order chi connectivity index (χ1) is 18.3. The van der Waals surface area contributed by atoms with Crippen LogP contribution in [0.25, 0.3) is 5.57 Å². The van der Waals surface area contributed by atoms with E-state index < -0.39 is 35.9 Å². The maximum Gasteiger partial charge on any atom is 0.433 e. The van der Waals surface area contributed by atoms with Gasteiger partial charge in [0.2, 0.25) is 0 Å². The van der Waals surface area contributed by atoms with Gasteiger partial charge in [0.25, 0.3) is 0 Å². The van der Waals surface area contributed by atoms with Gasteiger partial charge in [0.05, 0.1) is 38.3 Å². The number of hydrogen-bond donors (Lipinski definition) is 1. The number of carbonyl (C=O) groups is 1. The van der Waals surface area contributed by atoms with Crippen LogP contribution in [0.2, 0.25) is 0 Å². The Hall–Kier alpha value is -3.28. The minimum atomic E-state index is -4.74. The standard InChI is InChI=1S/C27H31F6N3O3/c1-3-38-24(37)14-20(34)8-6-12-39-22-9-5-4-7-19(22)16-36-23(27(31,32)33)15-35-25(36)18-10-11-21(17(2)13-18)26(28,29)30/h4-5,7,9-11,13,15,17,20-21H,3,6,8,12,14,16,34H2,1-2H3/t17?,20-,21?/m1/s1. The van der Waals surface area contributed by atoms with Crippen molar-refractivity contribution in [1.82, 2.24) is 9.55 Å². The molecule has 0 radical (unpaired) electrons. The Morgan fingerprint density at radius 3 is 2.54 bits per heavy atom. The number of alkyl halides is 6. The number of ether oxygens (including phenoxy) is 2. The molecule has 6 nitrogen and oxygen atoms in total. The van der Waals surface area contributed by atoms with E-state index in [-0.39, 0.29) is 43.5 Å². The molecule has 12 heteroatoms. The first-order valence-electron chi connectivity index (χ1n) is 12.5. The van der Waals surface area contributed by atoms with Gasteiger partial charge in [0.1, 0.15) is 17.3 Å². The second-order valence-electron chi connectivity index (χ2n) is 9.33. The predicted molar refractivity (Wildman–Crippen MR) is 133 cm³/mol. The van der Waals surface area contributed by atoms with Crippen molar-refractivity contribution in [1.29, 1.82) is 0 Å². The zero-order valence-corrected chi connectivity index (χ0v) is 21.6. The molecule has 0 spiro atoms. The van der Waals surface area contributed by atoms with Crippen molar-refractivity contribution in [2.24, 2.45) is 17.6 Å². The summed E-state index contributed by atoms with van der Waals surface area (Å²) >= 11 is 0. The minimum absolute atomic E-state index is 0.0701. The molecule has 0 fully saturated rings. The van der Waals surface area contributed by atoms with Crippen LogP contribution in [-0.2, 0) is 22.3 Å². The van der Waals surface area contributed by atoms with Gasteiger partial charge >= 0.3 is 18.3 Å². The smallest absolute Gasteiger partial charge is 0.433 e. The summed E-state index contributed by atoms with van der Waals surface area (Å²) in [4.78, 5) is 15.5. The number of allylic oxidation sites excluding steroid dienone is 4. The highest BCUT2D eigenvalue weighted by Gasteiger charge is 2.42. The lowest BCUT2D eigenvalue weighted by molar-refractivity contribution is -0.168. The van der Waals surface area contributed by atoms with E-state index in [0.29, 0.717) is 30.4 Å². The van der Waals surface area contributed by atoms with Crippen LogP contribution in [0, 0.1) is 11.8 Å². The van der Waals surface area contributed by atoms with Gasteiger partial charge in [-0.15, -0.1) is 0 Å². The number of benzene rings is 1. The predicted octanol–water partition coefficient (Wildman–Crippen LogP) is 6.16. The Morgan fingerprint density at radius 2 is 1.90 bits per heavy atom. The fourth-order valence-electron chi connectivity index (χ4n) is 4.38. The molecule has 3 atom stereocenters. The van der Waals surface area contributed by atoms with Crippen LogP contribution in [0.4, 0.5) is 26.3 Å². The summed E-state index contributed by atoms with van der Waals surface area (Å²) in [7, 11) is 0. The maximum atomic E-state index is 13.9. The Bertz CT molecular complexity index is 1190. The van der Waals surface area contributed by atoms with Crippen molar-refractivity contribution in [3.63, 3.8) is 0 Å². The lowest BCUT2D eigenvalue weighted by Crippen LogP contribution is -2.28. The third kappa shape index (κ3) is 8.11. The van der Waals surface area contributed by atoms with E-state index in [1.807, 2.05) is 0 Å². The monoisotopic (exact) mass is 559 g/mol. The number of hydrogen-bond acceptors (Lipinski definition) is 5. The lowest BCUT2D eigenvalue weighted by atomic mass is 9.86. The number of carbonyl (C=O) groups excluding carboxylic acids is 1. The molecule has 2 unspecified atom stereocenters. The van der Waals surface area contributed by atoms with Gasteiger partial charge in [0.15, 0.2) is 0 Å². The molecule has 1 aromatic carbocycles. The molecule has 0 saturated carbocycles. The van der Waals surface area contributed by atoms with Crippen LogP contribution >= 0.6 is 0 Å². The average Bonchev–Trinajstić information content (AvgIpc) is 3.26. The molecule has 2 N–H and O–H groups in total. The Labute approximate surface area is 222 Å². The van der Waals surface area contributed by atoms with Crippen molar-refractivity contribution in [2.75, 3.05) is 13.2 Å². The lowest BCUT2D eigenvalue weighted by Gasteiger charge is -2.25. The summed E-state index contributed by atoms with van der Waals surface area (Å²) in [6, 6.07) is 6.14. The summed E-state index contributed by atoms with van der Waals surface area (Å²) in [6.45, 7) is 3.26. The third-order valence-corrected chi connectivity index (χ3v) is 6.29. The molecule has 39 heavy (non-hydrogen) atoms. The zero-order valence-electron chi connectivity index (χ0n) is 21.6. The number of rotatable bonds is 11. The number of para-hydroxylation sites is 1. The summed E-state index contributed by atoms with van der Waals surface area (Å²) in [5, 5.41) is 0. The Kier molecular flexibility index (Phi) is 9.87. The van der Waals surface area contributed by atoms with Crippen LogP contribution < -0.4 is 10.5 Å². The average molecular weight is 560 g/mol. The van der Waals surface area contributed by atoms with Gasteiger partial charge in [-0.25, -0.2) is 4.98 Å². The highest BCUT2D eigenvalue weighted by atomic mass is 19.4. The summed E-state index contributed by atoms with van der Waals surface area (Å²) in [5.74, 6) is -2.84. The van der Waals surface area contributed by atoms with Crippen LogP contribution in [0.15, 0.2) is 48.7 Å². The molecule has 2 aromatic rings. The number of halogens is 6. The fourth-order valence-corrected chi connectivity index (χ4v) is 4.38. The van der Waals surface area contributed by atoms with E-state index in [4.69, 9.17) is 15.2 Å². The van der Waals surface area contributed by atoms with Crippen molar-refractivity contribution in [2.45, 2.75) is 58.0 Å². The number of imidazole rings is 1. The third-order valence-electron chi connectivity index (χ3n) is 6.29. The number of nitrogens with two attached hydrogens (primary N) is 1. The van der Waals surface area contributed by atoms with E-state index in [1.54, 1.807) is 31.2 Å². The molecule has 1 aliphatic carbocycles. The van der Waals surface area contributed by atoms with Crippen LogP contribution in [0.5, 0.6) is 5.75 Å². The van der Waals surface area contributed by atoms with Gasteiger partial charge < -0.3 is 19.8 Å². The first kappa shape index (κ1) is 30.3. The van der Waals surface area contributed by atoms with E-state index in [0.717, 1.165) is 10.6 Å². The SMILES string of the molecule is CCOC(=O)C[C@H](N)CCCOc1ccccc1Cn1c(C(F)(F)F)cnc1C1=CC(C)C(C(F)(F)F)C=C1. The quantitative estimate of drug-likeness (QED) is 0.203. The molecule has 1 aromatic heterocycles. The van der Waals surface area contributed by atoms with Crippen molar-refractivity contribution in [3.8, 4) is 5.75 Å². The van der Waals surface area contributed by atoms with Crippen molar-refractivity contribution in [3.05, 3.63) is 65.8 Å². The van der Waals surface area contributed by atoms with Gasteiger partial charge in [-0.1, -0.05) is 43.4 Å². The number of nitrogens with zero attached hydrogens (tertiary/aromatic N) is 2. The minimum Gasteiger partial charge on any atom is -0.493 e. The summed E-state index contributed by atoms with van der Waals surface area (Å²) < 4.78 is 93.0. The highest BCUT2D eigenvalue weighted by molar-refractivity contribution is 5.72. The Balaban J connectivity index is 1.78. The molecule has 1 heterocycles. The molecular formula is C27H31F6N3O3. The van der Waals surface area contributed by atoms with Gasteiger partial charge in [-0.05, 0) is 31.7 Å². The molecular weight excluding hydrogens is 528 g/mol. The van der Waals surface area contributed by atoms with Crippen LogP contribution in [0.3, 0.4) is 0 Å². The first-order valence-corrected chi connectivity index (χ1v) is 12.5. The van der Waals surface area contributed by atoms with Gasteiger partial charge in [-0.3, -0.25) is 4.79 Å². The molecule has 1 aliphatic rings. The molecule has 0 amide bonds. The van der Waals surface area contributed by atoms with E-state index >= 15 is 0 Å². The van der Waals surface area contributed by atoms with E-state index in [9.17, 15) is 31.1 Å². The maximum absolute atomic E-state index is 13.9. The summed E-state index contributed by atoms with van der Waals surface area (Å²) in [6.07, 6.45) is -4.08. The van der Waals surface area contributed by atoms with Crippen LogP contribution in [-0.4, -0.2) is 41.0 Å². The second-order valence-corrected chi connectivity index (χ2v) is 9.33. The van der Waals surface area contributed by atoms with Crippen molar-refractivity contribution < 1.29 is 40.6 Å². The molecule has 0 aliphatic heterocycles. The number of esters is 1. The van der Waals surface area contributed by atoms with Gasteiger partial charge in [-0.2, -0.15) is 26.3 Å². The molecule has 3 rings (SSSR count). The zero-order chi connectivity index (χ0) is 28.8. The normalized spacial score (nSPS) is 18.5. The molecule has 0 saturated heterocycles. The van der Waals surface area contributed by atoms with Gasteiger partial charge in [0, 0.05) is 17.2 Å². The van der Waals surface area contributed by atoms with E-state index in [1.165, 1.54) is 19.1 Å². The second kappa shape index (κ2) is 12.7. The Morgan fingerprint density at radius 1 is 1.18 bits per heavy atom. The molecule has 214 valence electrons. The fraction of sp³-hybridized carbons (Fsp3) is 0.481. The van der Waals surface area contributed by atoms with Crippen molar-refractivity contribution >= 4 is 11.5 Å². The number of aromatic nitrogens is 2. The van der Waals surface area contributed by atoms with Crippen LogP contribution in [0.1, 0.15) is 50.2 Å². The topological polar surface area (TPSA) is 79.4 Å². The molecule has 0 bridgehead atoms.